The van der Waals surface area contributed by atoms with Crippen molar-refractivity contribution in [2.24, 2.45) is 0 Å². The Kier molecular flexibility index (Phi) is 5.20. The molecule has 0 N–H and O–H groups in total. The van der Waals surface area contributed by atoms with Gasteiger partial charge in [-0.25, -0.2) is 0 Å². The van der Waals surface area contributed by atoms with Gasteiger partial charge in [0.2, 0.25) is 0 Å². The van der Waals surface area contributed by atoms with Crippen LogP contribution in [0.15, 0.2) is 24.3 Å². The number of carbonyl (C=O) groups is 1. The fourth-order valence-electron chi connectivity index (χ4n) is 1.88. The molecular formula is C15H23NO. The minimum atomic E-state index is 0.130. The van der Waals surface area contributed by atoms with Crippen molar-refractivity contribution in [3.05, 3.63) is 35.4 Å². The molecule has 1 amide bonds. The Morgan fingerprint density at radius 1 is 1.12 bits per heavy atom. The van der Waals surface area contributed by atoms with Crippen LogP contribution in [0.3, 0.4) is 0 Å². The first kappa shape index (κ1) is 13.8. The van der Waals surface area contributed by atoms with Gasteiger partial charge in [0.1, 0.15) is 0 Å². The van der Waals surface area contributed by atoms with Crippen molar-refractivity contribution >= 4 is 5.91 Å². The molecule has 0 aliphatic carbocycles. The highest BCUT2D eigenvalue weighted by Gasteiger charge is 2.12. The Hall–Kier alpha value is -1.31. The predicted octanol–water partition coefficient (Wildman–Crippen LogP) is 3.68. The van der Waals surface area contributed by atoms with Crippen LogP contribution in [0, 0.1) is 0 Å². The summed E-state index contributed by atoms with van der Waals surface area (Å²) in [6.07, 6.45) is 1.13. The van der Waals surface area contributed by atoms with Crippen LogP contribution in [-0.4, -0.2) is 23.9 Å². The van der Waals surface area contributed by atoms with Crippen molar-refractivity contribution in [3.63, 3.8) is 0 Å². The Balaban J connectivity index is 2.83. The molecule has 1 atom stereocenters. The molecule has 1 unspecified atom stereocenters. The highest BCUT2D eigenvalue weighted by molar-refractivity contribution is 5.94. The van der Waals surface area contributed by atoms with Crippen molar-refractivity contribution in [1.82, 2.24) is 4.90 Å². The Labute approximate surface area is 105 Å². The standard InChI is InChI=1S/C15H23NO/c1-5-12(4)13-8-10-14(11-9-13)15(17)16(6-2)7-3/h8-12H,5-7H2,1-4H3. The van der Waals surface area contributed by atoms with E-state index in [0.29, 0.717) is 5.92 Å². The number of nitrogens with zero attached hydrogens (tertiary/aromatic N) is 1. The maximum absolute atomic E-state index is 12.1. The van der Waals surface area contributed by atoms with Gasteiger partial charge in [0.15, 0.2) is 0 Å². The minimum Gasteiger partial charge on any atom is -0.339 e. The third-order valence-corrected chi connectivity index (χ3v) is 3.39. The van der Waals surface area contributed by atoms with E-state index in [-0.39, 0.29) is 5.91 Å². The lowest BCUT2D eigenvalue weighted by Gasteiger charge is -2.19. The monoisotopic (exact) mass is 233 g/mol. The summed E-state index contributed by atoms with van der Waals surface area (Å²) in [5.41, 5.74) is 2.10. The summed E-state index contributed by atoms with van der Waals surface area (Å²) in [6, 6.07) is 8.04. The van der Waals surface area contributed by atoms with Crippen LogP contribution in [0.5, 0.6) is 0 Å². The lowest BCUT2D eigenvalue weighted by atomic mass is 9.97. The first-order chi connectivity index (χ1) is 8.13. The second kappa shape index (κ2) is 6.43. The molecule has 2 heteroatoms. The van der Waals surface area contributed by atoms with E-state index in [9.17, 15) is 4.79 Å². The number of benzene rings is 1. The summed E-state index contributed by atoms with van der Waals surface area (Å²) in [6.45, 7) is 9.94. The Morgan fingerprint density at radius 2 is 1.65 bits per heavy atom. The molecule has 0 bridgehead atoms. The second-order valence-electron chi connectivity index (χ2n) is 4.41. The number of carbonyl (C=O) groups excluding carboxylic acids is 1. The molecule has 0 heterocycles. The molecule has 0 aliphatic rings. The summed E-state index contributed by atoms with van der Waals surface area (Å²) in [5, 5.41) is 0. The van der Waals surface area contributed by atoms with Crippen LogP contribution in [0.25, 0.3) is 0 Å². The van der Waals surface area contributed by atoms with E-state index in [0.717, 1.165) is 25.1 Å². The average molecular weight is 233 g/mol. The summed E-state index contributed by atoms with van der Waals surface area (Å²) >= 11 is 0. The van der Waals surface area contributed by atoms with E-state index in [2.05, 4.69) is 26.0 Å². The van der Waals surface area contributed by atoms with Crippen molar-refractivity contribution in [2.75, 3.05) is 13.1 Å². The van der Waals surface area contributed by atoms with Gasteiger partial charge in [0.25, 0.3) is 5.91 Å². The zero-order valence-electron chi connectivity index (χ0n) is 11.4. The molecular weight excluding hydrogens is 210 g/mol. The van der Waals surface area contributed by atoms with Gasteiger partial charge >= 0.3 is 0 Å². The van der Waals surface area contributed by atoms with Gasteiger partial charge in [-0.05, 0) is 43.9 Å². The van der Waals surface area contributed by atoms with Crippen LogP contribution < -0.4 is 0 Å². The second-order valence-corrected chi connectivity index (χ2v) is 4.41. The fraction of sp³-hybridized carbons (Fsp3) is 0.533. The molecule has 1 aromatic rings. The molecule has 0 aliphatic heterocycles. The maximum atomic E-state index is 12.1. The number of amides is 1. The van der Waals surface area contributed by atoms with Crippen molar-refractivity contribution in [2.45, 2.75) is 40.0 Å². The average Bonchev–Trinajstić information content (AvgIpc) is 2.39. The van der Waals surface area contributed by atoms with Crippen LogP contribution >= 0.6 is 0 Å². The van der Waals surface area contributed by atoms with Crippen LogP contribution in [0.1, 0.15) is 56.0 Å². The highest BCUT2D eigenvalue weighted by atomic mass is 16.2. The third kappa shape index (κ3) is 3.32. The van der Waals surface area contributed by atoms with Gasteiger partial charge in [0.05, 0.1) is 0 Å². The first-order valence-corrected chi connectivity index (χ1v) is 6.53. The molecule has 0 saturated heterocycles. The SMILES string of the molecule is CCC(C)c1ccc(C(=O)N(CC)CC)cc1. The predicted molar refractivity (Wildman–Crippen MR) is 72.4 cm³/mol. The molecule has 0 spiro atoms. The zero-order chi connectivity index (χ0) is 12.8. The Morgan fingerprint density at radius 3 is 2.06 bits per heavy atom. The van der Waals surface area contributed by atoms with E-state index in [4.69, 9.17) is 0 Å². The fourth-order valence-corrected chi connectivity index (χ4v) is 1.88. The number of hydrogen-bond acceptors (Lipinski definition) is 1. The maximum Gasteiger partial charge on any atom is 0.253 e. The zero-order valence-corrected chi connectivity index (χ0v) is 11.4. The molecule has 0 aromatic heterocycles. The van der Waals surface area contributed by atoms with Gasteiger partial charge in [-0.3, -0.25) is 4.79 Å². The topological polar surface area (TPSA) is 20.3 Å². The normalized spacial score (nSPS) is 12.2. The van der Waals surface area contributed by atoms with Gasteiger partial charge < -0.3 is 4.90 Å². The summed E-state index contributed by atoms with van der Waals surface area (Å²) in [4.78, 5) is 13.9. The Bertz CT molecular complexity index is 352. The smallest absolute Gasteiger partial charge is 0.253 e. The number of hydrogen-bond donors (Lipinski definition) is 0. The highest BCUT2D eigenvalue weighted by Crippen LogP contribution is 2.19. The van der Waals surface area contributed by atoms with E-state index in [1.165, 1.54) is 5.56 Å². The molecule has 0 fully saturated rings. The van der Waals surface area contributed by atoms with Crippen molar-refractivity contribution < 1.29 is 4.79 Å². The lowest BCUT2D eigenvalue weighted by molar-refractivity contribution is 0.0773. The first-order valence-electron chi connectivity index (χ1n) is 6.53. The van der Waals surface area contributed by atoms with E-state index < -0.39 is 0 Å². The van der Waals surface area contributed by atoms with Gasteiger partial charge in [0, 0.05) is 18.7 Å². The van der Waals surface area contributed by atoms with Crippen LogP contribution in [-0.2, 0) is 0 Å². The van der Waals surface area contributed by atoms with Crippen LogP contribution in [0.4, 0.5) is 0 Å². The minimum absolute atomic E-state index is 0.130. The van der Waals surface area contributed by atoms with Gasteiger partial charge in [-0.15, -0.1) is 0 Å². The molecule has 2 nitrogen and oxygen atoms in total. The molecule has 1 aromatic carbocycles. The van der Waals surface area contributed by atoms with Gasteiger partial charge in [-0.1, -0.05) is 26.0 Å². The quantitative estimate of drug-likeness (QED) is 0.759. The summed E-state index contributed by atoms with van der Waals surface area (Å²) < 4.78 is 0. The molecule has 94 valence electrons. The molecule has 17 heavy (non-hydrogen) atoms. The van der Waals surface area contributed by atoms with E-state index >= 15 is 0 Å². The van der Waals surface area contributed by atoms with Crippen molar-refractivity contribution in [1.29, 1.82) is 0 Å². The largest absolute Gasteiger partial charge is 0.339 e. The molecule has 0 radical (unpaired) electrons. The van der Waals surface area contributed by atoms with Crippen molar-refractivity contribution in [3.8, 4) is 0 Å². The molecule has 1 rings (SSSR count). The third-order valence-electron chi connectivity index (χ3n) is 3.39. The van der Waals surface area contributed by atoms with Crippen LogP contribution in [0.2, 0.25) is 0 Å². The van der Waals surface area contributed by atoms with E-state index in [1.807, 2.05) is 30.9 Å². The lowest BCUT2D eigenvalue weighted by Crippen LogP contribution is -2.30. The summed E-state index contributed by atoms with van der Waals surface area (Å²) in [7, 11) is 0. The molecule has 0 saturated carbocycles. The number of rotatable bonds is 5. The summed E-state index contributed by atoms with van der Waals surface area (Å²) in [5.74, 6) is 0.693. The van der Waals surface area contributed by atoms with E-state index in [1.54, 1.807) is 0 Å². The van der Waals surface area contributed by atoms with Gasteiger partial charge in [-0.2, -0.15) is 0 Å².